The van der Waals surface area contributed by atoms with E-state index in [1.807, 2.05) is 24.3 Å². The summed E-state index contributed by atoms with van der Waals surface area (Å²) >= 11 is 3.33. The normalized spacial score (nSPS) is 10.3. The molecular formula is C11H10BrN3O3. The Bertz CT molecular complexity index is 539. The number of nitrogens with zero attached hydrogens (tertiary/aromatic N) is 3. The number of aromatic nitrogens is 2. The summed E-state index contributed by atoms with van der Waals surface area (Å²) in [5.74, 6) is 0.596. The first-order chi connectivity index (χ1) is 8.65. The van der Waals surface area contributed by atoms with Crippen molar-refractivity contribution in [1.29, 1.82) is 0 Å². The van der Waals surface area contributed by atoms with Gasteiger partial charge in [0.1, 0.15) is 12.4 Å². The summed E-state index contributed by atoms with van der Waals surface area (Å²) in [6, 6.07) is 8.81. The fraction of sp³-hybridized carbons (Fsp3) is 0.182. The van der Waals surface area contributed by atoms with E-state index in [0.717, 1.165) is 10.2 Å². The summed E-state index contributed by atoms with van der Waals surface area (Å²) in [5.41, 5.74) is 0. The number of hydrogen-bond acceptors (Lipinski definition) is 4. The fourth-order valence-corrected chi connectivity index (χ4v) is 1.63. The number of benzene rings is 1. The lowest BCUT2D eigenvalue weighted by Gasteiger charge is -2.04. The van der Waals surface area contributed by atoms with Crippen LogP contribution in [0.4, 0.5) is 5.82 Å². The van der Waals surface area contributed by atoms with Crippen molar-refractivity contribution in [3.63, 3.8) is 0 Å². The molecule has 6 nitrogen and oxygen atoms in total. The molecule has 0 saturated heterocycles. The molecule has 0 radical (unpaired) electrons. The maximum Gasteiger partial charge on any atom is 0.389 e. The van der Waals surface area contributed by atoms with Gasteiger partial charge in [0, 0.05) is 4.47 Å². The van der Waals surface area contributed by atoms with E-state index in [1.54, 1.807) is 6.20 Å². The number of ether oxygens (including phenoxy) is 1. The molecule has 0 unspecified atom stereocenters. The van der Waals surface area contributed by atoms with Crippen LogP contribution in [-0.2, 0) is 6.54 Å². The lowest BCUT2D eigenvalue weighted by atomic mass is 10.3. The average molecular weight is 312 g/mol. The summed E-state index contributed by atoms with van der Waals surface area (Å²) in [4.78, 5) is 9.91. The van der Waals surface area contributed by atoms with Gasteiger partial charge in [0.15, 0.2) is 0 Å². The van der Waals surface area contributed by atoms with Crippen LogP contribution in [0.15, 0.2) is 41.0 Å². The molecule has 0 saturated carbocycles. The third-order valence-corrected chi connectivity index (χ3v) is 2.75. The van der Waals surface area contributed by atoms with Gasteiger partial charge in [-0.05, 0) is 29.2 Å². The predicted octanol–water partition coefficient (Wildman–Crippen LogP) is 2.63. The summed E-state index contributed by atoms with van der Waals surface area (Å²) in [5, 5.41) is 14.2. The van der Waals surface area contributed by atoms with Gasteiger partial charge >= 0.3 is 5.82 Å². The van der Waals surface area contributed by atoms with E-state index < -0.39 is 4.92 Å². The van der Waals surface area contributed by atoms with Gasteiger partial charge < -0.3 is 14.9 Å². The van der Waals surface area contributed by atoms with E-state index >= 15 is 0 Å². The molecule has 0 bridgehead atoms. The van der Waals surface area contributed by atoms with Crippen LogP contribution in [0.5, 0.6) is 5.75 Å². The standard InChI is InChI=1S/C11H10BrN3O3/c12-9-1-3-10(4-2-9)18-8-7-14-6-5-11(13-14)15(16)17/h1-6H,7-8H2. The SMILES string of the molecule is O=[N+]([O-])c1ccn(CCOc2ccc(Br)cc2)n1. The predicted molar refractivity (Wildman–Crippen MR) is 68.5 cm³/mol. The van der Waals surface area contributed by atoms with Crippen LogP contribution >= 0.6 is 15.9 Å². The summed E-state index contributed by atoms with van der Waals surface area (Å²) in [7, 11) is 0. The molecule has 0 spiro atoms. The molecular weight excluding hydrogens is 302 g/mol. The summed E-state index contributed by atoms with van der Waals surface area (Å²) < 4.78 is 7.95. The van der Waals surface area contributed by atoms with Crippen LogP contribution in [0.1, 0.15) is 0 Å². The van der Waals surface area contributed by atoms with E-state index in [4.69, 9.17) is 4.74 Å². The molecule has 7 heteroatoms. The van der Waals surface area contributed by atoms with Gasteiger partial charge in [-0.3, -0.25) is 0 Å². The van der Waals surface area contributed by atoms with Crippen molar-refractivity contribution in [3.05, 3.63) is 51.1 Å². The zero-order valence-corrected chi connectivity index (χ0v) is 10.9. The Labute approximate surface area is 111 Å². The second-order valence-corrected chi connectivity index (χ2v) is 4.41. The van der Waals surface area contributed by atoms with Crippen molar-refractivity contribution in [1.82, 2.24) is 9.78 Å². The third kappa shape index (κ3) is 3.30. The third-order valence-electron chi connectivity index (χ3n) is 2.22. The maximum atomic E-state index is 10.4. The minimum Gasteiger partial charge on any atom is -0.492 e. The molecule has 0 atom stereocenters. The van der Waals surface area contributed by atoms with Gasteiger partial charge in [-0.25, -0.2) is 0 Å². The smallest absolute Gasteiger partial charge is 0.389 e. The Morgan fingerprint density at radius 1 is 1.33 bits per heavy atom. The number of hydrogen-bond donors (Lipinski definition) is 0. The fourth-order valence-electron chi connectivity index (χ4n) is 1.36. The summed E-state index contributed by atoms with van der Waals surface area (Å²) in [6.45, 7) is 0.865. The molecule has 1 aromatic heterocycles. The van der Waals surface area contributed by atoms with Crippen molar-refractivity contribution >= 4 is 21.7 Å². The van der Waals surface area contributed by atoms with Crippen LogP contribution in [0.2, 0.25) is 0 Å². The molecule has 1 aromatic carbocycles. The Morgan fingerprint density at radius 3 is 2.67 bits per heavy atom. The van der Waals surface area contributed by atoms with Crippen LogP contribution in [0, 0.1) is 10.1 Å². The van der Waals surface area contributed by atoms with E-state index in [2.05, 4.69) is 21.0 Å². The summed E-state index contributed by atoms with van der Waals surface area (Å²) in [6.07, 6.45) is 1.56. The van der Waals surface area contributed by atoms with Crippen LogP contribution in [0.25, 0.3) is 0 Å². The highest BCUT2D eigenvalue weighted by atomic mass is 79.9. The Kier molecular flexibility index (Phi) is 3.93. The van der Waals surface area contributed by atoms with Gasteiger partial charge in [0.05, 0.1) is 23.9 Å². The quantitative estimate of drug-likeness (QED) is 0.628. The first kappa shape index (κ1) is 12.6. The number of halogens is 1. The lowest BCUT2D eigenvalue weighted by Crippen LogP contribution is -2.08. The largest absolute Gasteiger partial charge is 0.492 e. The Balaban J connectivity index is 1.84. The van der Waals surface area contributed by atoms with Gasteiger partial charge in [0.25, 0.3) is 0 Å². The van der Waals surface area contributed by atoms with Gasteiger partial charge in [-0.1, -0.05) is 15.9 Å². The first-order valence-corrected chi connectivity index (χ1v) is 6.00. The van der Waals surface area contributed by atoms with Crippen LogP contribution in [-0.4, -0.2) is 21.3 Å². The molecule has 2 rings (SSSR count). The molecule has 2 aromatic rings. The Hall–Kier alpha value is -1.89. The first-order valence-electron chi connectivity index (χ1n) is 5.21. The highest BCUT2D eigenvalue weighted by Crippen LogP contribution is 2.16. The van der Waals surface area contributed by atoms with Crippen molar-refractivity contribution in [2.75, 3.05) is 6.61 Å². The highest BCUT2D eigenvalue weighted by molar-refractivity contribution is 9.10. The zero-order valence-electron chi connectivity index (χ0n) is 9.32. The monoisotopic (exact) mass is 311 g/mol. The maximum absolute atomic E-state index is 10.4. The van der Waals surface area contributed by atoms with Crippen LogP contribution in [0.3, 0.4) is 0 Å². The second-order valence-electron chi connectivity index (χ2n) is 3.50. The minimum absolute atomic E-state index is 0.154. The zero-order chi connectivity index (χ0) is 13.0. The number of rotatable bonds is 5. The molecule has 0 aliphatic heterocycles. The molecule has 0 fully saturated rings. The molecule has 0 aliphatic carbocycles. The van der Waals surface area contributed by atoms with E-state index in [1.165, 1.54) is 10.7 Å². The van der Waals surface area contributed by atoms with Crippen LogP contribution < -0.4 is 4.74 Å². The number of nitro groups is 1. The molecule has 0 aliphatic rings. The van der Waals surface area contributed by atoms with Crippen molar-refractivity contribution < 1.29 is 9.66 Å². The second kappa shape index (κ2) is 5.63. The molecule has 0 amide bonds. The minimum atomic E-state index is -0.522. The lowest BCUT2D eigenvalue weighted by molar-refractivity contribution is -0.389. The Morgan fingerprint density at radius 2 is 2.06 bits per heavy atom. The van der Waals surface area contributed by atoms with Gasteiger partial charge in [0.2, 0.25) is 0 Å². The van der Waals surface area contributed by atoms with Gasteiger partial charge in [-0.2, -0.15) is 4.68 Å². The van der Waals surface area contributed by atoms with Crippen molar-refractivity contribution in [3.8, 4) is 5.75 Å². The molecule has 0 N–H and O–H groups in total. The topological polar surface area (TPSA) is 70.2 Å². The van der Waals surface area contributed by atoms with E-state index in [9.17, 15) is 10.1 Å². The highest BCUT2D eigenvalue weighted by Gasteiger charge is 2.10. The van der Waals surface area contributed by atoms with E-state index in [-0.39, 0.29) is 5.82 Å². The van der Waals surface area contributed by atoms with Crippen molar-refractivity contribution in [2.45, 2.75) is 6.54 Å². The molecule has 94 valence electrons. The van der Waals surface area contributed by atoms with E-state index in [0.29, 0.717) is 13.2 Å². The van der Waals surface area contributed by atoms with Crippen molar-refractivity contribution in [2.24, 2.45) is 0 Å². The van der Waals surface area contributed by atoms with Gasteiger partial charge in [-0.15, -0.1) is 0 Å². The molecule has 18 heavy (non-hydrogen) atoms. The average Bonchev–Trinajstić information content (AvgIpc) is 2.81. The molecule has 1 heterocycles.